The van der Waals surface area contributed by atoms with E-state index in [0.29, 0.717) is 22.3 Å². The van der Waals surface area contributed by atoms with Crippen molar-refractivity contribution in [3.8, 4) is 0 Å². The maximum atomic E-state index is 13.0. The van der Waals surface area contributed by atoms with E-state index in [0.717, 1.165) is 0 Å². The summed E-state index contributed by atoms with van der Waals surface area (Å²) < 4.78 is 4.67. The number of aromatic amines is 1. The fraction of sp³-hybridized carbons (Fsp3) is 0.158. The van der Waals surface area contributed by atoms with Crippen molar-refractivity contribution in [3.63, 3.8) is 0 Å². The van der Waals surface area contributed by atoms with Crippen LogP contribution in [0.1, 0.15) is 16.8 Å². The third-order valence-corrected chi connectivity index (χ3v) is 3.90. The molecule has 132 valence electrons. The first-order chi connectivity index (χ1) is 12.6. The number of carbonyl (C=O) groups is 2. The van der Waals surface area contributed by atoms with E-state index in [2.05, 4.69) is 14.7 Å². The Morgan fingerprint density at radius 1 is 1.15 bits per heavy atom. The van der Waals surface area contributed by atoms with Gasteiger partial charge in [0, 0.05) is 17.8 Å². The average molecular weight is 351 g/mol. The predicted octanol–water partition coefficient (Wildman–Crippen LogP) is 2.13. The number of nitrogens with zero attached hydrogens (tertiary/aromatic N) is 2. The van der Waals surface area contributed by atoms with E-state index in [1.54, 1.807) is 30.3 Å². The Hall–Kier alpha value is -3.48. The lowest BCUT2D eigenvalue weighted by atomic mass is 10.1. The van der Waals surface area contributed by atoms with Crippen LogP contribution in [0.25, 0.3) is 11.0 Å². The van der Waals surface area contributed by atoms with E-state index >= 15 is 0 Å². The first-order valence-electron chi connectivity index (χ1n) is 8.01. The molecule has 0 unspecified atom stereocenters. The van der Waals surface area contributed by atoms with Gasteiger partial charge in [-0.2, -0.15) is 0 Å². The second kappa shape index (κ2) is 7.60. The van der Waals surface area contributed by atoms with Gasteiger partial charge in [0.25, 0.3) is 11.5 Å². The minimum Gasteiger partial charge on any atom is -0.469 e. The summed E-state index contributed by atoms with van der Waals surface area (Å²) in [5, 5.41) is 0. The fourth-order valence-corrected chi connectivity index (χ4v) is 2.59. The summed E-state index contributed by atoms with van der Waals surface area (Å²) in [6, 6.07) is 14.0. The van der Waals surface area contributed by atoms with Gasteiger partial charge >= 0.3 is 5.97 Å². The van der Waals surface area contributed by atoms with Gasteiger partial charge in [-0.1, -0.05) is 18.2 Å². The van der Waals surface area contributed by atoms with E-state index in [4.69, 9.17) is 0 Å². The molecule has 0 aliphatic rings. The number of ether oxygens (including phenoxy) is 1. The molecule has 7 heteroatoms. The molecule has 0 saturated carbocycles. The van der Waals surface area contributed by atoms with Gasteiger partial charge in [0.15, 0.2) is 0 Å². The molecule has 0 radical (unpaired) electrons. The van der Waals surface area contributed by atoms with E-state index < -0.39 is 5.97 Å². The van der Waals surface area contributed by atoms with Crippen molar-refractivity contribution >= 4 is 28.6 Å². The zero-order valence-corrected chi connectivity index (χ0v) is 14.1. The SMILES string of the molecule is COC(=O)CCN(C(=O)c1ccc2[nH]c(=O)cnc2c1)c1ccccc1. The van der Waals surface area contributed by atoms with Crippen molar-refractivity contribution < 1.29 is 14.3 Å². The summed E-state index contributed by atoms with van der Waals surface area (Å²) in [5.74, 6) is -0.661. The van der Waals surface area contributed by atoms with E-state index in [1.807, 2.05) is 18.2 Å². The lowest BCUT2D eigenvalue weighted by Crippen LogP contribution is -2.33. The number of nitrogens with one attached hydrogen (secondary N) is 1. The second-order valence-corrected chi connectivity index (χ2v) is 5.60. The Labute approximate surface area is 149 Å². The molecule has 1 heterocycles. The molecule has 2 aromatic carbocycles. The molecule has 3 aromatic rings. The molecular formula is C19H17N3O4. The highest BCUT2D eigenvalue weighted by molar-refractivity contribution is 6.07. The van der Waals surface area contributed by atoms with Crippen LogP contribution < -0.4 is 10.5 Å². The number of benzene rings is 2. The van der Waals surface area contributed by atoms with Crippen molar-refractivity contribution in [2.24, 2.45) is 0 Å². The zero-order chi connectivity index (χ0) is 18.5. The van der Waals surface area contributed by atoms with Crippen LogP contribution in [0.15, 0.2) is 59.5 Å². The van der Waals surface area contributed by atoms with Crippen LogP contribution in [-0.4, -0.2) is 35.5 Å². The molecule has 0 spiro atoms. The highest BCUT2D eigenvalue weighted by atomic mass is 16.5. The van der Waals surface area contributed by atoms with Crippen LogP contribution in [0, 0.1) is 0 Å². The number of aromatic nitrogens is 2. The fourth-order valence-electron chi connectivity index (χ4n) is 2.59. The summed E-state index contributed by atoms with van der Waals surface area (Å²) in [5.41, 5.74) is 1.84. The van der Waals surface area contributed by atoms with Gasteiger partial charge in [-0.3, -0.25) is 14.4 Å². The molecule has 1 amide bonds. The Kier molecular flexibility index (Phi) is 5.07. The van der Waals surface area contributed by atoms with Gasteiger partial charge in [-0.25, -0.2) is 4.98 Å². The van der Waals surface area contributed by atoms with Crippen LogP contribution in [0.2, 0.25) is 0 Å². The summed E-state index contributed by atoms with van der Waals surface area (Å²) in [4.78, 5) is 44.1. The maximum Gasteiger partial charge on any atom is 0.307 e. The highest BCUT2D eigenvalue weighted by Gasteiger charge is 2.19. The van der Waals surface area contributed by atoms with Crippen molar-refractivity contribution in [1.29, 1.82) is 0 Å². The van der Waals surface area contributed by atoms with Crippen molar-refractivity contribution in [2.75, 3.05) is 18.6 Å². The number of amides is 1. The van der Waals surface area contributed by atoms with Crippen LogP contribution in [0.4, 0.5) is 5.69 Å². The maximum absolute atomic E-state index is 13.0. The Morgan fingerprint density at radius 2 is 1.92 bits per heavy atom. The molecule has 26 heavy (non-hydrogen) atoms. The normalized spacial score (nSPS) is 10.5. The van der Waals surface area contributed by atoms with Crippen LogP contribution in [0.3, 0.4) is 0 Å². The van der Waals surface area contributed by atoms with Crippen LogP contribution in [0.5, 0.6) is 0 Å². The van der Waals surface area contributed by atoms with Crippen molar-refractivity contribution in [3.05, 3.63) is 70.6 Å². The summed E-state index contributed by atoms with van der Waals surface area (Å²) in [6.45, 7) is 0.187. The first kappa shape index (κ1) is 17.3. The molecule has 0 saturated heterocycles. The zero-order valence-electron chi connectivity index (χ0n) is 14.1. The largest absolute Gasteiger partial charge is 0.469 e. The summed E-state index contributed by atoms with van der Waals surface area (Å²) in [6.07, 6.45) is 1.25. The minimum atomic E-state index is -0.392. The molecule has 0 bridgehead atoms. The Morgan fingerprint density at radius 3 is 2.65 bits per heavy atom. The molecule has 0 fully saturated rings. The number of hydrogen-bond acceptors (Lipinski definition) is 5. The molecular weight excluding hydrogens is 334 g/mol. The molecule has 0 aliphatic carbocycles. The number of rotatable bonds is 5. The second-order valence-electron chi connectivity index (χ2n) is 5.60. The third-order valence-electron chi connectivity index (χ3n) is 3.90. The van der Waals surface area contributed by atoms with Crippen LogP contribution in [-0.2, 0) is 9.53 Å². The third kappa shape index (κ3) is 3.77. The van der Waals surface area contributed by atoms with E-state index in [1.165, 1.54) is 18.2 Å². The van der Waals surface area contributed by atoms with Gasteiger partial charge in [-0.15, -0.1) is 0 Å². The first-order valence-corrected chi connectivity index (χ1v) is 8.01. The smallest absolute Gasteiger partial charge is 0.307 e. The van der Waals surface area contributed by atoms with Gasteiger partial charge < -0.3 is 14.6 Å². The number of fused-ring (bicyclic) bond motifs is 1. The Balaban J connectivity index is 1.94. The van der Waals surface area contributed by atoms with Gasteiger partial charge in [0.2, 0.25) is 0 Å². The monoisotopic (exact) mass is 351 g/mol. The number of esters is 1. The number of H-pyrrole nitrogens is 1. The summed E-state index contributed by atoms with van der Waals surface area (Å²) >= 11 is 0. The number of hydrogen-bond donors (Lipinski definition) is 1. The molecule has 0 aliphatic heterocycles. The summed E-state index contributed by atoms with van der Waals surface area (Å²) in [7, 11) is 1.31. The molecule has 3 rings (SSSR count). The number of para-hydroxylation sites is 1. The quantitative estimate of drug-likeness (QED) is 0.711. The van der Waals surface area contributed by atoms with Gasteiger partial charge in [0.05, 0.1) is 30.8 Å². The highest BCUT2D eigenvalue weighted by Crippen LogP contribution is 2.19. The number of methoxy groups -OCH3 is 1. The van der Waals surface area contributed by atoms with E-state index in [9.17, 15) is 14.4 Å². The molecule has 0 atom stereocenters. The van der Waals surface area contributed by atoms with Crippen molar-refractivity contribution in [2.45, 2.75) is 6.42 Å². The van der Waals surface area contributed by atoms with Crippen molar-refractivity contribution in [1.82, 2.24) is 9.97 Å². The van der Waals surface area contributed by atoms with Gasteiger partial charge in [0.1, 0.15) is 0 Å². The molecule has 1 N–H and O–H groups in total. The Bertz CT molecular complexity index is 998. The standard InChI is InChI=1S/C19H17N3O4/c1-26-18(24)9-10-22(14-5-3-2-4-6-14)19(25)13-7-8-15-16(11-13)20-12-17(23)21-15/h2-8,11-12H,9-10H2,1H3,(H,21,23). The lowest BCUT2D eigenvalue weighted by molar-refractivity contribution is -0.140. The average Bonchev–Trinajstić information content (AvgIpc) is 2.68. The number of anilines is 1. The topological polar surface area (TPSA) is 92.4 Å². The van der Waals surface area contributed by atoms with Crippen LogP contribution >= 0.6 is 0 Å². The van der Waals surface area contributed by atoms with Gasteiger partial charge in [-0.05, 0) is 30.3 Å². The van der Waals surface area contributed by atoms with E-state index in [-0.39, 0.29) is 24.4 Å². The number of carbonyl (C=O) groups excluding carboxylic acids is 2. The lowest BCUT2D eigenvalue weighted by Gasteiger charge is -2.22. The predicted molar refractivity (Wildman–Crippen MR) is 97.1 cm³/mol. The molecule has 1 aromatic heterocycles. The minimum absolute atomic E-state index is 0.0796. The molecule has 7 nitrogen and oxygen atoms in total.